The van der Waals surface area contributed by atoms with Gasteiger partial charge < -0.3 is 19.8 Å². The third-order valence-electron chi connectivity index (χ3n) is 6.66. The fourth-order valence-corrected chi connectivity index (χ4v) is 4.57. The van der Waals surface area contributed by atoms with Gasteiger partial charge in [0.05, 0.1) is 40.8 Å². The highest BCUT2D eigenvalue weighted by atomic mass is 16.6. The summed E-state index contributed by atoms with van der Waals surface area (Å²) in [5, 5.41) is 5.80. The molecular formula is C32H41N5O4. The molecule has 1 unspecified atom stereocenters. The molecule has 0 fully saturated rings. The van der Waals surface area contributed by atoms with Crippen molar-refractivity contribution in [1.29, 1.82) is 0 Å². The molecular weight excluding hydrogens is 518 g/mol. The van der Waals surface area contributed by atoms with Crippen LogP contribution < -0.4 is 5.73 Å². The van der Waals surface area contributed by atoms with Crippen LogP contribution in [-0.2, 0) is 32.2 Å². The predicted molar refractivity (Wildman–Crippen MR) is 161 cm³/mol. The number of hydrogen-bond acceptors (Lipinski definition) is 7. The maximum Gasteiger partial charge on any atom is 0.328 e. The molecule has 4 rings (SSSR count). The lowest BCUT2D eigenvalue weighted by Gasteiger charge is -2.22. The first-order valence-electron chi connectivity index (χ1n) is 14.0. The van der Waals surface area contributed by atoms with E-state index in [0.717, 1.165) is 39.9 Å². The zero-order valence-electron chi connectivity index (χ0n) is 24.9. The van der Waals surface area contributed by atoms with Crippen LogP contribution in [0.5, 0.6) is 0 Å². The minimum absolute atomic E-state index is 0.205. The van der Waals surface area contributed by atoms with Crippen LogP contribution in [0.2, 0.25) is 0 Å². The molecule has 2 N–H and O–H groups in total. The Hall–Kier alpha value is -3.98. The van der Waals surface area contributed by atoms with Gasteiger partial charge in [-0.2, -0.15) is 5.10 Å². The molecule has 0 spiro atoms. The summed E-state index contributed by atoms with van der Waals surface area (Å²) in [5.74, 6) is 0.128. The number of imidazole rings is 1. The summed E-state index contributed by atoms with van der Waals surface area (Å²) in [7, 11) is 0. The Labute approximate surface area is 241 Å². The molecule has 1 atom stereocenters. The van der Waals surface area contributed by atoms with Gasteiger partial charge in [0.15, 0.2) is 0 Å². The van der Waals surface area contributed by atoms with E-state index in [-0.39, 0.29) is 5.97 Å². The lowest BCUT2D eigenvalue weighted by molar-refractivity contribution is -0.156. The molecule has 2 heterocycles. The number of para-hydroxylation sites is 1. The van der Waals surface area contributed by atoms with Gasteiger partial charge in [-0.1, -0.05) is 30.8 Å². The highest BCUT2D eigenvalue weighted by molar-refractivity contribution is 5.87. The fourth-order valence-electron chi connectivity index (χ4n) is 4.57. The highest BCUT2D eigenvalue weighted by Gasteiger charge is 2.25. The van der Waals surface area contributed by atoms with E-state index in [1.54, 1.807) is 6.08 Å². The zero-order valence-corrected chi connectivity index (χ0v) is 24.9. The number of ether oxygens (including phenoxy) is 2. The average Bonchev–Trinajstić information content (AvgIpc) is 3.43. The molecule has 4 aromatic rings. The van der Waals surface area contributed by atoms with E-state index >= 15 is 0 Å². The van der Waals surface area contributed by atoms with Crippen molar-refractivity contribution in [3.05, 3.63) is 66.1 Å². The summed E-state index contributed by atoms with van der Waals surface area (Å²) < 4.78 is 15.0. The Balaban J connectivity index is 1.63. The van der Waals surface area contributed by atoms with Gasteiger partial charge in [0.1, 0.15) is 17.5 Å². The van der Waals surface area contributed by atoms with Gasteiger partial charge in [0.25, 0.3) is 0 Å². The van der Waals surface area contributed by atoms with E-state index < -0.39 is 23.0 Å². The first-order valence-corrected chi connectivity index (χ1v) is 14.0. The molecule has 9 heteroatoms. The smallest absolute Gasteiger partial charge is 0.328 e. The number of aryl methyl sites for hydroxylation is 1. The number of carbonyl (C=O) groups excluding carboxylic acids is 2. The van der Waals surface area contributed by atoms with Crippen LogP contribution in [0.3, 0.4) is 0 Å². The first kappa shape index (κ1) is 30.0. The van der Waals surface area contributed by atoms with Crippen molar-refractivity contribution < 1.29 is 19.1 Å². The van der Waals surface area contributed by atoms with Gasteiger partial charge in [-0.15, -0.1) is 0 Å². The number of nitrogens with two attached hydrogens (primary N) is 1. The predicted octanol–water partition coefficient (Wildman–Crippen LogP) is 5.79. The molecule has 0 aliphatic carbocycles. The van der Waals surface area contributed by atoms with Gasteiger partial charge in [0.2, 0.25) is 0 Å². The maximum absolute atomic E-state index is 12.6. The highest BCUT2D eigenvalue weighted by Crippen LogP contribution is 2.26. The van der Waals surface area contributed by atoms with Crippen LogP contribution in [-0.4, -0.2) is 43.5 Å². The Morgan fingerprint density at radius 3 is 2.46 bits per heavy atom. The van der Waals surface area contributed by atoms with Crippen LogP contribution in [0.4, 0.5) is 0 Å². The molecule has 0 saturated carbocycles. The molecule has 9 nitrogen and oxygen atoms in total. The molecule has 41 heavy (non-hydrogen) atoms. The Morgan fingerprint density at radius 1 is 1.05 bits per heavy atom. The number of carbonyl (C=O) groups is 2. The largest absolute Gasteiger partial charge is 0.465 e. The average molecular weight is 560 g/mol. The fraction of sp³-hybridized carbons (Fsp3) is 0.438. The monoisotopic (exact) mass is 559 g/mol. The van der Waals surface area contributed by atoms with Gasteiger partial charge in [-0.25, -0.2) is 9.78 Å². The second kappa shape index (κ2) is 11.9. The van der Waals surface area contributed by atoms with Crippen LogP contribution in [0, 0.1) is 5.41 Å². The summed E-state index contributed by atoms with van der Waals surface area (Å²) in [6, 6.07) is 12.8. The van der Waals surface area contributed by atoms with Crippen LogP contribution in [0.25, 0.3) is 28.0 Å². The third-order valence-corrected chi connectivity index (χ3v) is 6.66. The molecule has 2 aromatic heterocycles. The van der Waals surface area contributed by atoms with Crippen LogP contribution in [0.1, 0.15) is 77.5 Å². The topological polar surface area (TPSA) is 114 Å². The van der Waals surface area contributed by atoms with Crippen molar-refractivity contribution in [2.75, 3.05) is 6.61 Å². The van der Waals surface area contributed by atoms with E-state index in [9.17, 15) is 9.59 Å². The second-order valence-corrected chi connectivity index (χ2v) is 12.3. The molecule has 0 aliphatic heterocycles. The van der Waals surface area contributed by atoms with Crippen LogP contribution >= 0.6 is 0 Å². The number of hydrogen-bond donors (Lipinski definition) is 1. The minimum Gasteiger partial charge on any atom is -0.465 e. The standard InChI is InChI=1S/C32H41N5O4/c1-8-23-22-13-9-10-14-25(22)37(35-23)20-27-34-24-19-21(28(33)29(38)41-32(5,6)7)15-16-26(24)36(27)17-11-12-18-40-30(39)31(2,3)4/h8-10,13-16,19,28H,1,11-12,17-18,20,33H2,2-7H3. The number of aromatic nitrogens is 4. The van der Waals surface area contributed by atoms with Crippen molar-refractivity contribution in [3.63, 3.8) is 0 Å². The van der Waals surface area contributed by atoms with E-state index in [1.165, 1.54) is 0 Å². The summed E-state index contributed by atoms with van der Waals surface area (Å²) in [5.41, 5.74) is 9.21. The molecule has 0 radical (unpaired) electrons. The van der Waals surface area contributed by atoms with Gasteiger partial charge in [0, 0.05) is 11.9 Å². The number of rotatable bonds is 10. The normalized spacial score (nSPS) is 13.0. The molecule has 0 saturated heterocycles. The molecule has 2 aromatic carbocycles. The second-order valence-electron chi connectivity index (χ2n) is 12.3. The first-order chi connectivity index (χ1) is 19.3. The molecule has 0 bridgehead atoms. The van der Waals surface area contributed by atoms with Crippen molar-refractivity contribution in [3.8, 4) is 0 Å². The van der Waals surface area contributed by atoms with E-state index in [0.29, 0.717) is 31.7 Å². The van der Waals surface area contributed by atoms with Crippen molar-refractivity contribution in [1.82, 2.24) is 19.3 Å². The minimum atomic E-state index is -0.921. The number of nitrogens with zero attached hydrogens (tertiary/aromatic N) is 4. The Kier molecular flexibility index (Phi) is 8.68. The third kappa shape index (κ3) is 7.03. The van der Waals surface area contributed by atoms with Crippen molar-refractivity contribution >= 4 is 40.0 Å². The molecule has 0 amide bonds. The number of esters is 2. The SMILES string of the molecule is C=Cc1nn(Cc2nc3cc(C(N)C(=O)OC(C)(C)C)ccc3n2CCCCOC(=O)C(C)(C)C)c2ccccc12. The van der Waals surface area contributed by atoms with Gasteiger partial charge in [-0.3, -0.25) is 9.48 Å². The van der Waals surface area contributed by atoms with Gasteiger partial charge >= 0.3 is 11.9 Å². The van der Waals surface area contributed by atoms with E-state index in [4.69, 9.17) is 25.3 Å². The van der Waals surface area contributed by atoms with Crippen LogP contribution in [0.15, 0.2) is 49.0 Å². The number of benzene rings is 2. The van der Waals surface area contributed by atoms with Crippen molar-refractivity contribution in [2.45, 2.75) is 79.1 Å². The van der Waals surface area contributed by atoms with E-state index in [2.05, 4.69) is 11.1 Å². The maximum atomic E-state index is 12.6. The summed E-state index contributed by atoms with van der Waals surface area (Å²) in [6.45, 7) is 16.4. The summed E-state index contributed by atoms with van der Waals surface area (Å²) >= 11 is 0. The van der Waals surface area contributed by atoms with E-state index in [1.807, 2.05) is 88.7 Å². The lowest BCUT2D eigenvalue weighted by Crippen LogP contribution is -2.31. The Bertz CT molecular complexity index is 1570. The Morgan fingerprint density at radius 2 is 1.78 bits per heavy atom. The number of fused-ring (bicyclic) bond motifs is 2. The zero-order chi connectivity index (χ0) is 29.9. The summed E-state index contributed by atoms with van der Waals surface area (Å²) in [6.07, 6.45) is 3.26. The quantitative estimate of drug-likeness (QED) is 0.193. The van der Waals surface area contributed by atoms with Gasteiger partial charge in [-0.05, 0) is 84.2 Å². The molecule has 218 valence electrons. The lowest BCUT2D eigenvalue weighted by atomic mass is 9.97. The molecule has 0 aliphatic rings. The summed E-state index contributed by atoms with van der Waals surface area (Å²) in [4.78, 5) is 29.8. The number of unbranched alkanes of at least 4 members (excludes halogenated alkanes) is 1. The van der Waals surface area contributed by atoms with Crippen molar-refractivity contribution in [2.24, 2.45) is 11.1 Å².